The van der Waals surface area contributed by atoms with E-state index >= 15 is 0 Å². The van der Waals surface area contributed by atoms with Gasteiger partial charge in [0.25, 0.3) is 0 Å². The van der Waals surface area contributed by atoms with Crippen LogP contribution in [0, 0.1) is 0 Å². The van der Waals surface area contributed by atoms with E-state index in [4.69, 9.17) is 5.11 Å². The molecule has 0 unspecified atom stereocenters. The number of unbranched alkanes of at least 4 members (excludes halogenated alkanes) is 1. The van der Waals surface area contributed by atoms with E-state index in [9.17, 15) is 14.4 Å². The highest BCUT2D eigenvalue weighted by Crippen LogP contribution is 2.22. The normalized spacial score (nSPS) is 16.5. The molecule has 1 heterocycles. The Balaban J connectivity index is 1.92. The number of allylic oxidation sites excluding steroid dienone is 3. The fourth-order valence-electron chi connectivity index (χ4n) is 3.24. The molecule has 1 amide bonds. The van der Waals surface area contributed by atoms with Crippen LogP contribution in [-0.4, -0.2) is 34.2 Å². The van der Waals surface area contributed by atoms with Crippen molar-refractivity contribution in [3.63, 3.8) is 0 Å². The molecule has 5 nitrogen and oxygen atoms in total. The van der Waals surface area contributed by atoms with Crippen molar-refractivity contribution in [1.82, 2.24) is 4.90 Å². The molecule has 5 heteroatoms. The molecule has 1 aliphatic heterocycles. The Kier molecular flexibility index (Phi) is 9.19. The standard InChI is InChI=1S/C23H29NO4/c25-21(18-19-10-4-3-5-11-19)16-15-20-12-7-8-13-22(26)24(20)17-9-2-1-6-14-23(27)28/h2-5,9-11,15H,1,6-8,12-14,16-18H2,(H,27,28). The maximum Gasteiger partial charge on any atom is 0.303 e. The number of amides is 1. The Morgan fingerprint density at radius 3 is 2.57 bits per heavy atom. The van der Waals surface area contributed by atoms with Crippen molar-refractivity contribution in [1.29, 1.82) is 0 Å². The Bertz CT molecular complexity index is 721. The predicted molar refractivity (Wildman–Crippen MR) is 109 cm³/mol. The largest absolute Gasteiger partial charge is 0.481 e. The summed E-state index contributed by atoms with van der Waals surface area (Å²) in [6.45, 7) is 0.477. The summed E-state index contributed by atoms with van der Waals surface area (Å²) in [7, 11) is 0. The van der Waals surface area contributed by atoms with Gasteiger partial charge in [0.05, 0.1) is 0 Å². The van der Waals surface area contributed by atoms with E-state index in [0.717, 1.165) is 30.5 Å². The van der Waals surface area contributed by atoms with Crippen molar-refractivity contribution in [2.75, 3.05) is 6.54 Å². The minimum Gasteiger partial charge on any atom is -0.481 e. The summed E-state index contributed by atoms with van der Waals surface area (Å²) in [6.07, 6.45) is 11.1. The van der Waals surface area contributed by atoms with Gasteiger partial charge < -0.3 is 10.0 Å². The molecule has 0 aliphatic carbocycles. The molecular formula is C23H29NO4. The van der Waals surface area contributed by atoms with Gasteiger partial charge in [-0.05, 0) is 37.7 Å². The van der Waals surface area contributed by atoms with E-state index in [-0.39, 0.29) is 18.1 Å². The van der Waals surface area contributed by atoms with E-state index in [1.165, 1.54) is 0 Å². The molecule has 0 radical (unpaired) electrons. The molecule has 150 valence electrons. The van der Waals surface area contributed by atoms with Crippen molar-refractivity contribution >= 4 is 17.7 Å². The molecule has 1 fully saturated rings. The molecule has 0 atom stereocenters. The molecule has 1 saturated heterocycles. The van der Waals surface area contributed by atoms with Crippen molar-refractivity contribution < 1.29 is 19.5 Å². The van der Waals surface area contributed by atoms with Crippen LogP contribution in [0.3, 0.4) is 0 Å². The first-order chi connectivity index (χ1) is 13.6. The number of likely N-dealkylation sites (tertiary alicyclic amines) is 1. The number of ketones is 1. The number of aliphatic carboxylic acids is 1. The third-order valence-corrected chi connectivity index (χ3v) is 4.75. The molecule has 28 heavy (non-hydrogen) atoms. The molecule has 1 aromatic rings. The Labute approximate surface area is 166 Å². The van der Waals surface area contributed by atoms with Gasteiger partial charge in [0, 0.05) is 37.9 Å². The van der Waals surface area contributed by atoms with E-state index in [1.54, 1.807) is 4.90 Å². The van der Waals surface area contributed by atoms with Crippen LogP contribution >= 0.6 is 0 Å². The summed E-state index contributed by atoms with van der Waals surface area (Å²) in [4.78, 5) is 37.1. The molecule has 1 aliphatic rings. The summed E-state index contributed by atoms with van der Waals surface area (Å²) in [6, 6.07) is 9.68. The van der Waals surface area contributed by atoms with Crippen LogP contribution in [0.1, 0.15) is 56.9 Å². The van der Waals surface area contributed by atoms with E-state index in [1.807, 2.05) is 48.6 Å². The van der Waals surface area contributed by atoms with Gasteiger partial charge in [-0.1, -0.05) is 48.6 Å². The Morgan fingerprint density at radius 2 is 1.82 bits per heavy atom. The zero-order valence-corrected chi connectivity index (χ0v) is 16.3. The highest BCUT2D eigenvalue weighted by atomic mass is 16.4. The summed E-state index contributed by atoms with van der Waals surface area (Å²) in [5.41, 5.74) is 1.93. The Hall–Kier alpha value is -2.69. The van der Waals surface area contributed by atoms with Gasteiger partial charge >= 0.3 is 5.97 Å². The average molecular weight is 383 g/mol. The van der Waals surface area contributed by atoms with Crippen LogP contribution in [0.15, 0.2) is 54.3 Å². The van der Waals surface area contributed by atoms with Gasteiger partial charge in [0.15, 0.2) is 0 Å². The summed E-state index contributed by atoms with van der Waals surface area (Å²) < 4.78 is 0. The average Bonchev–Trinajstić information content (AvgIpc) is 2.85. The lowest BCUT2D eigenvalue weighted by molar-refractivity contribution is -0.137. The van der Waals surface area contributed by atoms with Gasteiger partial charge in [-0.2, -0.15) is 0 Å². The Morgan fingerprint density at radius 1 is 1.07 bits per heavy atom. The van der Waals surface area contributed by atoms with Crippen LogP contribution in [0.5, 0.6) is 0 Å². The number of carboxylic acids is 1. The van der Waals surface area contributed by atoms with Gasteiger partial charge in [-0.25, -0.2) is 0 Å². The molecule has 2 rings (SSSR count). The smallest absolute Gasteiger partial charge is 0.303 e. The lowest BCUT2D eigenvalue weighted by Gasteiger charge is -2.22. The van der Waals surface area contributed by atoms with E-state index < -0.39 is 5.97 Å². The topological polar surface area (TPSA) is 74.7 Å². The van der Waals surface area contributed by atoms with Crippen molar-refractivity contribution in [3.05, 3.63) is 59.8 Å². The van der Waals surface area contributed by atoms with Gasteiger partial charge in [0.2, 0.25) is 5.91 Å². The van der Waals surface area contributed by atoms with Crippen molar-refractivity contribution in [3.8, 4) is 0 Å². The predicted octanol–water partition coefficient (Wildman–Crippen LogP) is 4.29. The minimum atomic E-state index is -0.790. The second-order valence-corrected chi connectivity index (χ2v) is 7.07. The monoisotopic (exact) mass is 383 g/mol. The summed E-state index contributed by atoms with van der Waals surface area (Å²) in [5.74, 6) is -0.560. The number of carbonyl (C=O) groups is 3. The van der Waals surface area contributed by atoms with Gasteiger partial charge in [-0.3, -0.25) is 14.4 Å². The third kappa shape index (κ3) is 7.91. The molecule has 0 aromatic heterocycles. The number of rotatable bonds is 10. The maximum absolute atomic E-state index is 12.5. The lowest BCUT2D eigenvalue weighted by Crippen LogP contribution is -2.29. The molecule has 0 bridgehead atoms. The summed E-state index contributed by atoms with van der Waals surface area (Å²) in [5, 5.41) is 8.66. The van der Waals surface area contributed by atoms with Crippen LogP contribution in [-0.2, 0) is 20.8 Å². The molecule has 1 aromatic carbocycles. The van der Waals surface area contributed by atoms with E-state index in [0.29, 0.717) is 38.6 Å². The first kappa shape index (κ1) is 21.6. The number of Topliss-reactive ketones (excluding diaryl/α,β-unsaturated/α-hetero) is 1. The number of carboxylic acid groups (broad SMARTS) is 1. The first-order valence-electron chi connectivity index (χ1n) is 9.98. The molecule has 0 spiro atoms. The van der Waals surface area contributed by atoms with Crippen LogP contribution in [0.2, 0.25) is 0 Å². The van der Waals surface area contributed by atoms with Crippen molar-refractivity contribution in [2.45, 2.75) is 57.8 Å². The first-order valence-corrected chi connectivity index (χ1v) is 9.98. The lowest BCUT2D eigenvalue weighted by atomic mass is 10.1. The van der Waals surface area contributed by atoms with Crippen LogP contribution < -0.4 is 0 Å². The molecule has 0 saturated carbocycles. The van der Waals surface area contributed by atoms with E-state index in [2.05, 4.69) is 0 Å². The number of benzene rings is 1. The number of hydrogen-bond donors (Lipinski definition) is 1. The van der Waals surface area contributed by atoms with Crippen LogP contribution in [0.25, 0.3) is 0 Å². The highest BCUT2D eigenvalue weighted by Gasteiger charge is 2.20. The zero-order chi connectivity index (χ0) is 20.2. The number of hydrogen-bond acceptors (Lipinski definition) is 3. The number of carbonyl (C=O) groups excluding carboxylic acids is 2. The number of nitrogens with zero attached hydrogens (tertiary/aromatic N) is 1. The van der Waals surface area contributed by atoms with Crippen LogP contribution in [0.4, 0.5) is 0 Å². The fourth-order valence-corrected chi connectivity index (χ4v) is 3.24. The summed E-state index contributed by atoms with van der Waals surface area (Å²) >= 11 is 0. The molecule has 1 N–H and O–H groups in total. The van der Waals surface area contributed by atoms with Gasteiger partial charge in [0.1, 0.15) is 5.78 Å². The quantitative estimate of drug-likeness (QED) is 0.483. The van der Waals surface area contributed by atoms with Crippen molar-refractivity contribution in [2.24, 2.45) is 0 Å². The van der Waals surface area contributed by atoms with Gasteiger partial charge in [-0.15, -0.1) is 0 Å². The second-order valence-electron chi connectivity index (χ2n) is 7.07. The second kappa shape index (κ2) is 11.9. The third-order valence-electron chi connectivity index (χ3n) is 4.75. The zero-order valence-electron chi connectivity index (χ0n) is 16.3. The maximum atomic E-state index is 12.5. The SMILES string of the molecule is O=C(O)CCCC=CCN1C(=O)CCCCC1=CCC(=O)Cc1ccccc1. The molecular weight excluding hydrogens is 354 g/mol. The fraction of sp³-hybridized carbons (Fsp3) is 0.435. The minimum absolute atomic E-state index is 0.0921. The highest BCUT2D eigenvalue weighted by molar-refractivity contribution is 5.83.